The number of hydrogen-bond acceptors (Lipinski definition) is 8. The molecule has 1 aromatic heterocycles. The molecule has 4 aliphatic rings. The van der Waals surface area contributed by atoms with Crippen molar-refractivity contribution in [3.05, 3.63) is 77.9 Å². The lowest BCUT2D eigenvalue weighted by molar-refractivity contribution is -0.130. The summed E-state index contributed by atoms with van der Waals surface area (Å²) in [5, 5.41) is 3.41. The molecular weight excluding hydrogens is 592 g/mol. The van der Waals surface area contributed by atoms with Gasteiger partial charge in [0.25, 0.3) is 0 Å². The summed E-state index contributed by atoms with van der Waals surface area (Å²) in [6.07, 6.45) is 0.195. The number of halogens is 2. The Bertz CT molecular complexity index is 1810. The Morgan fingerprint density at radius 1 is 1.09 bits per heavy atom. The van der Waals surface area contributed by atoms with Gasteiger partial charge in [-0.2, -0.15) is 0 Å². The quantitative estimate of drug-likeness (QED) is 0.372. The standard InChI is InChI=1S/C34H35F2N7O3/c1-6-27(44)41-16-19(3)42(17-18(41)2)32-22-15-24(36)30-29-23(35)10-8-12-26(29)40(5)28(45)13-14-37-25-11-7-9-21-20(4)46-34(39-32)43(31(21)25)33(22)38-30/h6-12,15,18-20,34,37H,1,13-14,16-17H2,2-5H3/t18-,19+,20?,34?/m1/s1. The molecule has 0 radical (unpaired) electrons. The molecule has 2 bridgehead atoms. The number of rotatable bonds is 1. The number of benzene rings is 2. The van der Waals surface area contributed by atoms with Crippen LogP contribution in [0.5, 0.6) is 0 Å². The number of aliphatic imine (C=N–C) groups is 1. The summed E-state index contributed by atoms with van der Waals surface area (Å²) in [6.45, 7) is 10.7. The van der Waals surface area contributed by atoms with Crippen molar-refractivity contribution >= 4 is 40.5 Å². The molecule has 0 spiro atoms. The van der Waals surface area contributed by atoms with Crippen molar-refractivity contribution in [1.82, 2.24) is 14.8 Å². The fraction of sp³-hybridized carbons (Fsp3) is 0.353. The maximum atomic E-state index is 16.4. The number of amides is 2. The molecule has 0 aliphatic carbocycles. The molecule has 3 aromatic rings. The van der Waals surface area contributed by atoms with E-state index >= 15 is 8.78 Å². The van der Waals surface area contributed by atoms with Crippen molar-refractivity contribution in [3.8, 4) is 11.3 Å². The number of carbonyl (C=O) groups is 2. The van der Waals surface area contributed by atoms with E-state index in [1.165, 1.54) is 29.2 Å². The molecule has 0 saturated carbocycles. The van der Waals surface area contributed by atoms with Crippen molar-refractivity contribution in [3.63, 3.8) is 0 Å². The second-order valence-electron chi connectivity index (χ2n) is 12.2. The van der Waals surface area contributed by atoms with Gasteiger partial charge in [-0.25, -0.2) is 18.8 Å². The van der Waals surface area contributed by atoms with E-state index in [4.69, 9.17) is 14.7 Å². The van der Waals surface area contributed by atoms with Crippen molar-refractivity contribution in [2.75, 3.05) is 41.8 Å². The predicted octanol–water partition coefficient (Wildman–Crippen LogP) is 5.19. The number of hydrogen-bond donors (Lipinski definition) is 1. The van der Waals surface area contributed by atoms with Crippen LogP contribution in [-0.2, 0) is 14.3 Å². The molecule has 1 N–H and O–H groups in total. The van der Waals surface area contributed by atoms with E-state index in [0.29, 0.717) is 36.9 Å². The SMILES string of the molecule is C=CC(=O)N1C[C@H](C)N(C2=NC3OC(C)c4cccc5c4N3c3nc(c(F)cc32)-c2c(F)cccc2N(C)C(=O)CCN5)C[C@H]1C. The summed E-state index contributed by atoms with van der Waals surface area (Å²) in [5.74, 6) is -1.06. The first-order valence-electron chi connectivity index (χ1n) is 15.4. The smallest absolute Gasteiger partial charge is 0.246 e. The molecule has 12 heteroatoms. The molecule has 2 aromatic carbocycles. The lowest BCUT2D eigenvalue weighted by Gasteiger charge is -2.48. The van der Waals surface area contributed by atoms with Gasteiger partial charge in [0, 0.05) is 50.7 Å². The Morgan fingerprint density at radius 3 is 2.65 bits per heavy atom. The highest BCUT2D eigenvalue weighted by Crippen LogP contribution is 2.49. The largest absolute Gasteiger partial charge is 0.383 e. The number of nitrogens with zero attached hydrogens (tertiary/aromatic N) is 6. The Kier molecular flexibility index (Phi) is 7.27. The van der Waals surface area contributed by atoms with E-state index in [1.54, 1.807) is 18.0 Å². The highest BCUT2D eigenvalue weighted by Gasteiger charge is 2.44. The lowest BCUT2D eigenvalue weighted by Crippen LogP contribution is -2.60. The summed E-state index contributed by atoms with van der Waals surface area (Å²) in [6, 6.07) is 11.1. The molecule has 1 saturated heterocycles. The molecule has 10 nitrogen and oxygen atoms in total. The minimum atomic E-state index is -0.872. The molecule has 1 fully saturated rings. The number of piperazine rings is 1. The summed E-state index contributed by atoms with van der Waals surface area (Å²) >= 11 is 0. The van der Waals surface area contributed by atoms with Crippen LogP contribution in [0.1, 0.15) is 44.4 Å². The van der Waals surface area contributed by atoms with E-state index in [0.717, 1.165) is 16.9 Å². The van der Waals surface area contributed by atoms with Crippen LogP contribution in [0.3, 0.4) is 0 Å². The van der Waals surface area contributed by atoms with Gasteiger partial charge in [0.15, 0.2) is 5.82 Å². The predicted molar refractivity (Wildman–Crippen MR) is 172 cm³/mol. The zero-order chi connectivity index (χ0) is 32.4. The third kappa shape index (κ3) is 4.61. The molecule has 238 valence electrons. The summed E-state index contributed by atoms with van der Waals surface area (Å²) in [5.41, 5.74) is 2.65. The number of aromatic nitrogens is 1. The summed E-state index contributed by atoms with van der Waals surface area (Å²) in [7, 11) is 1.55. The van der Waals surface area contributed by atoms with E-state index < -0.39 is 18.0 Å². The van der Waals surface area contributed by atoms with Crippen LogP contribution in [0.2, 0.25) is 0 Å². The number of anilines is 4. The van der Waals surface area contributed by atoms with Gasteiger partial charge in [0.05, 0.1) is 34.3 Å². The Balaban J connectivity index is 1.48. The van der Waals surface area contributed by atoms with Crippen molar-refractivity contribution in [2.24, 2.45) is 4.99 Å². The zero-order valence-corrected chi connectivity index (χ0v) is 26.1. The van der Waals surface area contributed by atoms with E-state index in [-0.39, 0.29) is 53.4 Å². The molecule has 7 rings (SSSR count). The second-order valence-corrected chi connectivity index (χ2v) is 12.2. The van der Waals surface area contributed by atoms with Crippen LogP contribution < -0.4 is 15.1 Å². The first-order chi connectivity index (χ1) is 22.1. The minimum absolute atomic E-state index is 0.107. The first kappa shape index (κ1) is 29.8. The third-order valence-electron chi connectivity index (χ3n) is 9.28. The topological polar surface area (TPSA) is 93.6 Å². The van der Waals surface area contributed by atoms with Gasteiger partial charge in [-0.15, -0.1) is 0 Å². The highest BCUT2D eigenvalue weighted by molar-refractivity contribution is 6.07. The second kappa shape index (κ2) is 11.2. The maximum absolute atomic E-state index is 16.4. The summed E-state index contributed by atoms with van der Waals surface area (Å²) in [4.78, 5) is 42.8. The first-order valence-corrected chi connectivity index (χ1v) is 15.4. The average Bonchev–Trinajstić information content (AvgIpc) is 3.04. The van der Waals surface area contributed by atoms with Crippen molar-refractivity contribution in [1.29, 1.82) is 0 Å². The number of fused-ring (bicyclic) bond motifs is 3. The Morgan fingerprint density at radius 2 is 1.87 bits per heavy atom. The van der Waals surface area contributed by atoms with Gasteiger partial charge in [0.2, 0.25) is 18.2 Å². The van der Waals surface area contributed by atoms with Crippen molar-refractivity contribution < 1.29 is 23.1 Å². The number of carbonyl (C=O) groups excluding carboxylic acids is 2. The van der Waals surface area contributed by atoms with Gasteiger partial charge in [-0.05, 0) is 51.1 Å². The average molecular weight is 628 g/mol. The van der Waals surface area contributed by atoms with Crippen LogP contribution in [0, 0.1) is 11.6 Å². The number of amidine groups is 1. The van der Waals surface area contributed by atoms with Crippen LogP contribution in [0.15, 0.2) is 60.1 Å². The molecule has 46 heavy (non-hydrogen) atoms. The zero-order valence-electron chi connectivity index (χ0n) is 26.1. The van der Waals surface area contributed by atoms with Crippen LogP contribution >= 0.6 is 0 Å². The minimum Gasteiger partial charge on any atom is -0.383 e. The molecule has 4 atom stereocenters. The summed E-state index contributed by atoms with van der Waals surface area (Å²) < 4.78 is 38.7. The lowest BCUT2D eigenvalue weighted by atomic mass is 9.99. The number of para-hydroxylation sites is 1. The van der Waals surface area contributed by atoms with Crippen LogP contribution in [-0.4, -0.2) is 77.6 Å². The fourth-order valence-electron chi connectivity index (χ4n) is 6.91. The Hall–Kier alpha value is -4.84. The van der Waals surface area contributed by atoms with Crippen molar-refractivity contribution in [2.45, 2.75) is 51.7 Å². The Labute approximate surface area is 266 Å². The monoisotopic (exact) mass is 627 g/mol. The van der Waals surface area contributed by atoms with Crippen LogP contribution in [0.25, 0.3) is 11.3 Å². The van der Waals surface area contributed by atoms with Gasteiger partial charge in [-0.1, -0.05) is 24.8 Å². The molecular formula is C34H35F2N7O3. The normalized spacial score (nSPS) is 23.8. The molecule has 2 unspecified atom stereocenters. The van der Waals surface area contributed by atoms with Crippen LogP contribution in [0.4, 0.5) is 31.7 Å². The highest BCUT2D eigenvalue weighted by atomic mass is 19.1. The molecule has 4 aliphatic heterocycles. The van der Waals surface area contributed by atoms with E-state index in [2.05, 4.69) is 16.8 Å². The number of pyridine rings is 1. The molecule has 2 amide bonds. The van der Waals surface area contributed by atoms with Gasteiger partial charge in [0.1, 0.15) is 23.2 Å². The third-order valence-corrected chi connectivity index (χ3v) is 9.28. The van der Waals surface area contributed by atoms with Gasteiger partial charge >= 0.3 is 0 Å². The van der Waals surface area contributed by atoms with E-state index in [1.807, 2.05) is 43.9 Å². The fourth-order valence-corrected chi connectivity index (χ4v) is 6.91. The maximum Gasteiger partial charge on any atom is 0.246 e. The number of nitrogens with one attached hydrogen (secondary N) is 1. The molecule has 5 heterocycles. The van der Waals surface area contributed by atoms with Gasteiger partial charge < -0.3 is 24.8 Å². The van der Waals surface area contributed by atoms with Gasteiger partial charge in [-0.3, -0.25) is 14.5 Å². The number of ether oxygens (including phenoxy) is 1. The van der Waals surface area contributed by atoms with E-state index in [9.17, 15) is 9.59 Å².